The van der Waals surface area contributed by atoms with E-state index in [2.05, 4.69) is 4.98 Å². The van der Waals surface area contributed by atoms with Crippen molar-refractivity contribution in [3.05, 3.63) is 29.1 Å². The highest BCUT2D eigenvalue weighted by Crippen LogP contribution is 2.49. The molecule has 0 saturated heterocycles. The Balaban J connectivity index is 1.71. The molecule has 1 aromatic heterocycles. The van der Waals surface area contributed by atoms with Crippen LogP contribution >= 0.6 is 0 Å². The number of hydrogen-bond donors (Lipinski definition) is 0. The lowest BCUT2D eigenvalue weighted by molar-refractivity contribution is 0.0944. The Labute approximate surface area is 109 Å². The van der Waals surface area contributed by atoms with Gasteiger partial charge in [-0.05, 0) is 63.0 Å². The van der Waals surface area contributed by atoms with Crippen molar-refractivity contribution in [1.29, 1.82) is 0 Å². The molecule has 0 aromatic carbocycles. The first-order chi connectivity index (χ1) is 8.61. The fourth-order valence-corrected chi connectivity index (χ4v) is 3.98. The quantitative estimate of drug-likeness (QED) is 0.757. The molecule has 2 aliphatic carbocycles. The Bertz CT molecular complexity index is 460. The largest absolute Gasteiger partial charge is 0.294 e. The van der Waals surface area contributed by atoms with Crippen molar-refractivity contribution in [3.63, 3.8) is 0 Å². The highest BCUT2D eigenvalue weighted by Gasteiger charge is 2.40. The minimum atomic E-state index is 0.321. The van der Waals surface area contributed by atoms with Gasteiger partial charge in [0.15, 0.2) is 5.78 Å². The number of hydrogen-bond acceptors (Lipinski definition) is 2. The minimum Gasteiger partial charge on any atom is -0.294 e. The predicted octanol–water partition coefficient (Wildman–Crippen LogP) is 3.71. The van der Waals surface area contributed by atoms with Crippen molar-refractivity contribution in [3.8, 4) is 0 Å². The minimum absolute atomic E-state index is 0.321. The summed E-state index contributed by atoms with van der Waals surface area (Å²) in [5.41, 5.74) is 2.76. The number of nitrogens with zero attached hydrogens (tertiary/aromatic N) is 1. The Kier molecular flexibility index (Phi) is 2.96. The summed E-state index contributed by atoms with van der Waals surface area (Å²) in [5.74, 6) is 2.74. The van der Waals surface area contributed by atoms with E-state index in [9.17, 15) is 4.79 Å². The first-order valence-electron chi connectivity index (χ1n) is 7.10. The molecule has 1 heterocycles. The van der Waals surface area contributed by atoms with Crippen molar-refractivity contribution >= 4 is 5.78 Å². The first kappa shape index (κ1) is 11.9. The number of fused-ring (bicyclic) bond motifs is 2. The molecule has 2 bridgehead atoms. The number of carbonyl (C=O) groups excluding carboxylic acids is 1. The van der Waals surface area contributed by atoms with E-state index >= 15 is 0 Å². The van der Waals surface area contributed by atoms with E-state index in [0.29, 0.717) is 11.7 Å². The lowest BCUT2D eigenvalue weighted by Crippen LogP contribution is -2.15. The van der Waals surface area contributed by atoms with Gasteiger partial charge >= 0.3 is 0 Å². The van der Waals surface area contributed by atoms with Gasteiger partial charge in [0.1, 0.15) is 0 Å². The van der Waals surface area contributed by atoms with Crippen LogP contribution in [0.25, 0.3) is 0 Å². The standard InChI is InChI=1S/C16H21NO/c1-10-5-15(6-11(2)17-10)16(18)9-14-8-12-3-4-13(14)7-12/h5-6,12-14H,3-4,7-9H2,1-2H3. The molecule has 96 valence electrons. The molecule has 2 saturated carbocycles. The SMILES string of the molecule is Cc1cc(C(=O)CC2CC3CCC2C3)cc(C)n1. The van der Waals surface area contributed by atoms with E-state index < -0.39 is 0 Å². The summed E-state index contributed by atoms with van der Waals surface area (Å²) in [5, 5.41) is 0. The molecule has 3 atom stereocenters. The molecular weight excluding hydrogens is 222 g/mol. The molecule has 0 radical (unpaired) electrons. The maximum atomic E-state index is 12.4. The Hall–Kier alpha value is -1.18. The lowest BCUT2D eigenvalue weighted by atomic mass is 9.84. The van der Waals surface area contributed by atoms with Crippen molar-refractivity contribution in [2.75, 3.05) is 0 Å². The third kappa shape index (κ3) is 2.21. The van der Waals surface area contributed by atoms with Crippen LogP contribution in [0.1, 0.15) is 53.8 Å². The zero-order chi connectivity index (χ0) is 12.7. The van der Waals surface area contributed by atoms with Crippen LogP contribution in [0.4, 0.5) is 0 Å². The molecule has 2 fully saturated rings. The van der Waals surface area contributed by atoms with Gasteiger partial charge in [-0.2, -0.15) is 0 Å². The summed E-state index contributed by atoms with van der Waals surface area (Å²) in [6, 6.07) is 3.87. The number of aromatic nitrogens is 1. The zero-order valence-corrected chi connectivity index (χ0v) is 11.3. The molecule has 0 amide bonds. The van der Waals surface area contributed by atoms with E-state index in [0.717, 1.165) is 35.2 Å². The molecule has 2 aliphatic rings. The molecular formula is C16H21NO. The normalized spacial score (nSPS) is 29.8. The second kappa shape index (κ2) is 4.49. The second-order valence-electron chi connectivity index (χ2n) is 6.20. The van der Waals surface area contributed by atoms with Crippen LogP contribution in [-0.2, 0) is 0 Å². The summed E-state index contributed by atoms with van der Waals surface area (Å²) >= 11 is 0. The van der Waals surface area contributed by atoms with Gasteiger partial charge in [0.2, 0.25) is 0 Å². The summed E-state index contributed by atoms with van der Waals surface area (Å²) in [6.45, 7) is 3.92. The van der Waals surface area contributed by atoms with Crippen LogP contribution in [-0.4, -0.2) is 10.8 Å². The first-order valence-corrected chi connectivity index (χ1v) is 7.10. The number of rotatable bonds is 3. The van der Waals surface area contributed by atoms with Gasteiger partial charge in [-0.3, -0.25) is 9.78 Å². The summed E-state index contributed by atoms with van der Waals surface area (Å²) < 4.78 is 0. The van der Waals surface area contributed by atoms with E-state index in [1.807, 2.05) is 26.0 Å². The van der Waals surface area contributed by atoms with Crippen LogP contribution in [0.2, 0.25) is 0 Å². The van der Waals surface area contributed by atoms with Crippen LogP contribution in [0.15, 0.2) is 12.1 Å². The highest BCUT2D eigenvalue weighted by molar-refractivity contribution is 5.96. The number of carbonyl (C=O) groups is 1. The van der Waals surface area contributed by atoms with Crippen molar-refractivity contribution in [2.45, 2.75) is 46.0 Å². The third-order valence-electron chi connectivity index (χ3n) is 4.74. The molecule has 0 spiro atoms. The molecule has 2 heteroatoms. The second-order valence-corrected chi connectivity index (χ2v) is 6.20. The monoisotopic (exact) mass is 243 g/mol. The number of aryl methyl sites for hydroxylation is 2. The molecule has 0 aliphatic heterocycles. The van der Waals surface area contributed by atoms with Gasteiger partial charge in [0, 0.05) is 23.4 Å². The smallest absolute Gasteiger partial charge is 0.163 e. The van der Waals surface area contributed by atoms with E-state index in [4.69, 9.17) is 0 Å². The molecule has 1 aromatic rings. The Morgan fingerprint density at radius 3 is 2.50 bits per heavy atom. The van der Waals surface area contributed by atoms with Gasteiger partial charge < -0.3 is 0 Å². The molecule has 18 heavy (non-hydrogen) atoms. The molecule has 3 rings (SSSR count). The molecule has 3 unspecified atom stereocenters. The average Bonchev–Trinajstić information content (AvgIpc) is 2.89. The molecule has 0 N–H and O–H groups in total. The van der Waals surface area contributed by atoms with Crippen LogP contribution in [0, 0.1) is 31.6 Å². The average molecular weight is 243 g/mol. The molecule has 2 nitrogen and oxygen atoms in total. The van der Waals surface area contributed by atoms with Crippen LogP contribution in [0.5, 0.6) is 0 Å². The van der Waals surface area contributed by atoms with E-state index in [1.54, 1.807) is 0 Å². The lowest BCUT2D eigenvalue weighted by Gasteiger charge is -2.20. The topological polar surface area (TPSA) is 30.0 Å². The zero-order valence-electron chi connectivity index (χ0n) is 11.3. The maximum Gasteiger partial charge on any atom is 0.163 e. The number of ketones is 1. The highest BCUT2D eigenvalue weighted by atomic mass is 16.1. The van der Waals surface area contributed by atoms with E-state index in [-0.39, 0.29) is 0 Å². The Morgan fingerprint density at radius 1 is 1.22 bits per heavy atom. The summed E-state index contributed by atoms with van der Waals surface area (Å²) in [4.78, 5) is 16.7. The Morgan fingerprint density at radius 2 is 1.94 bits per heavy atom. The third-order valence-corrected chi connectivity index (χ3v) is 4.74. The van der Waals surface area contributed by atoms with Crippen LogP contribution in [0.3, 0.4) is 0 Å². The van der Waals surface area contributed by atoms with Crippen molar-refractivity contribution in [1.82, 2.24) is 4.98 Å². The fourth-order valence-electron chi connectivity index (χ4n) is 3.98. The van der Waals surface area contributed by atoms with Gasteiger partial charge in [-0.1, -0.05) is 6.42 Å². The van der Waals surface area contributed by atoms with Crippen LogP contribution < -0.4 is 0 Å². The van der Waals surface area contributed by atoms with Gasteiger partial charge in [0.05, 0.1) is 0 Å². The number of pyridine rings is 1. The van der Waals surface area contributed by atoms with Crippen molar-refractivity contribution in [2.24, 2.45) is 17.8 Å². The summed E-state index contributed by atoms with van der Waals surface area (Å²) in [7, 11) is 0. The summed E-state index contributed by atoms with van der Waals surface area (Å²) in [6.07, 6.45) is 6.19. The van der Waals surface area contributed by atoms with Crippen molar-refractivity contribution < 1.29 is 4.79 Å². The maximum absolute atomic E-state index is 12.4. The number of Topliss-reactive ketones (excluding diaryl/α,β-unsaturated/α-hetero) is 1. The van der Waals surface area contributed by atoms with Gasteiger partial charge in [-0.15, -0.1) is 0 Å². The fraction of sp³-hybridized carbons (Fsp3) is 0.625. The van der Waals surface area contributed by atoms with Gasteiger partial charge in [0.25, 0.3) is 0 Å². The predicted molar refractivity (Wildman–Crippen MR) is 71.6 cm³/mol. The van der Waals surface area contributed by atoms with Gasteiger partial charge in [-0.25, -0.2) is 0 Å². The van der Waals surface area contributed by atoms with E-state index in [1.165, 1.54) is 25.7 Å².